The molecular formula is C17H15N3OS. The number of para-hydroxylation sites is 2. The van der Waals surface area contributed by atoms with Gasteiger partial charge in [0, 0.05) is 6.92 Å². The van der Waals surface area contributed by atoms with Gasteiger partial charge in [-0.15, -0.1) is 0 Å². The summed E-state index contributed by atoms with van der Waals surface area (Å²) >= 11 is 1.30. The van der Waals surface area contributed by atoms with Crippen LogP contribution >= 0.6 is 11.3 Å². The van der Waals surface area contributed by atoms with E-state index in [-0.39, 0.29) is 5.78 Å². The first-order chi connectivity index (χ1) is 10.6. The Morgan fingerprint density at radius 1 is 1.09 bits per heavy atom. The van der Waals surface area contributed by atoms with Crippen molar-refractivity contribution < 1.29 is 4.79 Å². The van der Waals surface area contributed by atoms with Gasteiger partial charge in [-0.2, -0.15) is 5.10 Å². The van der Waals surface area contributed by atoms with Crippen LogP contribution in [0.1, 0.15) is 22.3 Å². The fourth-order valence-corrected chi connectivity index (χ4v) is 2.84. The zero-order valence-corrected chi connectivity index (χ0v) is 13.2. The Morgan fingerprint density at radius 2 is 1.77 bits per heavy atom. The van der Waals surface area contributed by atoms with E-state index in [1.165, 1.54) is 18.3 Å². The summed E-state index contributed by atoms with van der Waals surface area (Å²) in [5.74, 6) is -0.0547. The fraction of sp³-hybridized carbons (Fsp3) is 0.118. The Labute approximate surface area is 132 Å². The number of aromatic nitrogens is 2. The quantitative estimate of drug-likeness (QED) is 0.693. The van der Waals surface area contributed by atoms with Crippen molar-refractivity contribution in [3.05, 3.63) is 70.0 Å². The van der Waals surface area contributed by atoms with E-state index < -0.39 is 0 Å². The lowest BCUT2D eigenvalue weighted by molar-refractivity contribution is 0.101. The van der Waals surface area contributed by atoms with Gasteiger partial charge < -0.3 is 0 Å². The molecule has 0 amide bonds. The maximum absolute atomic E-state index is 11.7. The van der Waals surface area contributed by atoms with Crippen LogP contribution in [-0.4, -0.2) is 15.6 Å². The number of hydrogen-bond donors (Lipinski definition) is 0. The first-order valence-electron chi connectivity index (χ1n) is 6.92. The number of Topliss-reactive ketones (excluding diaryl/α,β-unsaturated/α-hetero) is 1. The Balaban J connectivity index is 2.23. The SMILES string of the molecule is CC(=O)c1nn(-c2ccccc2)c(=Nc2ccccc2C)s1. The van der Waals surface area contributed by atoms with Gasteiger partial charge in [-0.05, 0) is 30.7 Å². The van der Waals surface area contributed by atoms with E-state index in [0.29, 0.717) is 9.81 Å². The highest BCUT2D eigenvalue weighted by atomic mass is 32.1. The molecule has 1 aromatic heterocycles. The third kappa shape index (κ3) is 2.89. The third-order valence-corrected chi connectivity index (χ3v) is 4.20. The van der Waals surface area contributed by atoms with Gasteiger partial charge in [-0.1, -0.05) is 47.7 Å². The number of benzene rings is 2. The van der Waals surface area contributed by atoms with Gasteiger partial charge in [-0.3, -0.25) is 4.79 Å². The summed E-state index contributed by atoms with van der Waals surface area (Å²) in [5.41, 5.74) is 2.85. The van der Waals surface area contributed by atoms with E-state index in [9.17, 15) is 4.79 Å². The molecule has 110 valence electrons. The average molecular weight is 309 g/mol. The molecule has 0 aliphatic heterocycles. The Bertz CT molecular complexity index is 878. The predicted molar refractivity (Wildman–Crippen MR) is 87.8 cm³/mol. The zero-order chi connectivity index (χ0) is 15.5. The second kappa shape index (κ2) is 6.07. The minimum atomic E-state index is -0.0547. The molecule has 0 aliphatic carbocycles. The van der Waals surface area contributed by atoms with Gasteiger partial charge in [0.2, 0.25) is 4.80 Å². The molecule has 0 atom stereocenters. The summed E-state index contributed by atoms with van der Waals surface area (Å²) in [4.78, 5) is 17.0. The molecular weight excluding hydrogens is 294 g/mol. The van der Waals surface area contributed by atoms with Crippen molar-refractivity contribution in [3.63, 3.8) is 0 Å². The standard InChI is InChI=1S/C17H15N3OS/c1-12-8-6-7-11-15(12)18-17-20(14-9-4-3-5-10-14)19-16(22-17)13(2)21/h3-11H,1-2H3. The largest absolute Gasteiger partial charge is 0.292 e. The number of rotatable bonds is 3. The van der Waals surface area contributed by atoms with Crippen molar-refractivity contribution in [2.75, 3.05) is 0 Å². The Kier molecular flexibility index (Phi) is 3.98. The molecule has 0 unspecified atom stereocenters. The lowest BCUT2D eigenvalue weighted by Gasteiger charge is -2.01. The molecule has 0 saturated heterocycles. The highest BCUT2D eigenvalue weighted by Crippen LogP contribution is 2.17. The number of nitrogens with zero attached hydrogens (tertiary/aromatic N) is 3. The van der Waals surface area contributed by atoms with Gasteiger partial charge in [0.25, 0.3) is 0 Å². The molecule has 1 heterocycles. The maximum Gasteiger partial charge on any atom is 0.213 e. The van der Waals surface area contributed by atoms with Gasteiger partial charge in [0.1, 0.15) is 0 Å². The first-order valence-corrected chi connectivity index (χ1v) is 7.73. The Morgan fingerprint density at radius 3 is 2.45 bits per heavy atom. The van der Waals surface area contributed by atoms with Gasteiger partial charge in [-0.25, -0.2) is 9.67 Å². The van der Waals surface area contributed by atoms with Crippen LogP contribution in [0, 0.1) is 6.92 Å². The number of aryl methyl sites for hydroxylation is 1. The van der Waals surface area contributed by atoms with Crippen LogP contribution in [0.25, 0.3) is 5.69 Å². The van der Waals surface area contributed by atoms with Crippen LogP contribution in [0.4, 0.5) is 5.69 Å². The van der Waals surface area contributed by atoms with Crippen molar-refractivity contribution in [2.24, 2.45) is 4.99 Å². The molecule has 0 radical (unpaired) electrons. The van der Waals surface area contributed by atoms with E-state index in [0.717, 1.165) is 16.9 Å². The highest BCUT2D eigenvalue weighted by Gasteiger charge is 2.10. The lowest BCUT2D eigenvalue weighted by atomic mass is 10.2. The molecule has 5 heteroatoms. The van der Waals surface area contributed by atoms with E-state index in [4.69, 9.17) is 0 Å². The van der Waals surface area contributed by atoms with Crippen LogP contribution in [0.2, 0.25) is 0 Å². The summed E-state index contributed by atoms with van der Waals surface area (Å²) in [6.45, 7) is 3.53. The van der Waals surface area contributed by atoms with Crippen LogP contribution < -0.4 is 4.80 Å². The summed E-state index contributed by atoms with van der Waals surface area (Å²) in [5, 5.41) is 4.85. The molecule has 4 nitrogen and oxygen atoms in total. The van der Waals surface area contributed by atoms with Crippen LogP contribution in [0.3, 0.4) is 0 Å². The summed E-state index contributed by atoms with van der Waals surface area (Å²) in [6, 6.07) is 17.6. The maximum atomic E-state index is 11.7. The molecule has 22 heavy (non-hydrogen) atoms. The molecule has 0 saturated carbocycles. The smallest absolute Gasteiger partial charge is 0.213 e. The summed E-state index contributed by atoms with van der Waals surface area (Å²) < 4.78 is 1.72. The monoisotopic (exact) mass is 309 g/mol. The third-order valence-electron chi connectivity index (χ3n) is 3.19. The first kappa shape index (κ1) is 14.4. The molecule has 0 fully saturated rings. The van der Waals surface area contributed by atoms with Crippen molar-refractivity contribution >= 4 is 22.8 Å². The number of carbonyl (C=O) groups excluding carboxylic acids is 1. The number of ketones is 1. The average Bonchev–Trinajstić information content (AvgIpc) is 2.95. The molecule has 0 N–H and O–H groups in total. The van der Waals surface area contributed by atoms with Crippen molar-refractivity contribution in [2.45, 2.75) is 13.8 Å². The van der Waals surface area contributed by atoms with E-state index in [2.05, 4.69) is 10.1 Å². The molecule has 3 aromatic rings. The summed E-state index contributed by atoms with van der Waals surface area (Å²) in [7, 11) is 0. The molecule has 2 aromatic carbocycles. The van der Waals surface area contributed by atoms with Gasteiger partial charge in [0.05, 0.1) is 11.4 Å². The van der Waals surface area contributed by atoms with Crippen molar-refractivity contribution in [3.8, 4) is 5.69 Å². The fourth-order valence-electron chi connectivity index (χ4n) is 2.03. The molecule has 0 aliphatic rings. The number of carbonyl (C=O) groups is 1. The van der Waals surface area contributed by atoms with Gasteiger partial charge >= 0.3 is 0 Å². The highest BCUT2D eigenvalue weighted by molar-refractivity contribution is 7.11. The second-order valence-corrected chi connectivity index (χ2v) is 5.85. The normalized spacial score (nSPS) is 11.6. The van der Waals surface area contributed by atoms with E-state index in [1.807, 2.05) is 61.5 Å². The lowest BCUT2D eigenvalue weighted by Crippen LogP contribution is -2.14. The summed E-state index contributed by atoms with van der Waals surface area (Å²) in [6.07, 6.45) is 0. The minimum Gasteiger partial charge on any atom is -0.292 e. The van der Waals surface area contributed by atoms with Crippen LogP contribution in [0.5, 0.6) is 0 Å². The predicted octanol–water partition coefficient (Wildman–Crippen LogP) is 3.68. The van der Waals surface area contributed by atoms with E-state index in [1.54, 1.807) is 4.68 Å². The van der Waals surface area contributed by atoms with Crippen molar-refractivity contribution in [1.29, 1.82) is 0 Å². The molecule has 0 bridgehead atoms. The second-order valence-electron chi connectivity index (χ2n) is 4.89. The molecule has 0 spiro atoms. The molecule has 3 rings (SSSR count). The minimum absolute atomic E-state index is 0.0547. The van der Waals surface area contributed by atoms with Crippen LogP contribution in [-0.2, 0) is 0 Å². The van der Waals surface area contributed by atoms with Gasteiger partial charge in [0.15, 0.2) is 10.8 Å². The van der Waals surface area contributed by atoms with E-state index >= 15 is 0 Å². The van der Waals surface area contributed by atoms with Crippen LogP contribution in [0.15, 0.2) is 59.6 Å². The number of hydrogen-bond acceptors (Lipinski definition) is 4. The Hall–Kier alpha value is -2.53. The zero-order valence-electron chi connectivity index (χ0n) is 12.4. The van der Waals surface area contributed by atoms with Crippen molar-refractivity contribution in [1.82, 2.24) is 9.78 Å². The topological polar surface area (TPSA) is 47.2 Å².